The van der Waals surface area contributed by atoms with E-state index in [4.69, 9.17) is 14.2 Å². The molecule has 0 unspecified atom stereocenters. The first-order chi connectivity index (χ1) is 23.0. The van der Waals surface area contributed by atoms with Crippen LogP contribution < -0.4 is 10.7 Å². The van der Waals surface area contributed by atoms with Gasteiger partial charge in [0.25, 0.3) is 5.91 Å². The number of hydrazine groups is 1. The summed E-state index contributed by atoms with van der Waals surface area (Å²) in [6.07, 6.45) is 2.32. The largest absolute Gasteiger partial charge is 0.453 e. The summed E-state index contributed by atoms with van der Waals surface area (Å²) in [5.41, 5.74) is 4.70. The van der Waals surface area contributed by atoms with E-state index in [1.54, 1.807) is 16.1 Å². The second-order valence-corrected chi connectivity index (χ2v) is 14.9. The van der Waals surface area contributed by atoms with Crippen molar-refractivity contribution in [3.8, 4) is 11.1 Å². The summed E-state index contributed by atoms with van der Waals surface area (Å²) >= 11 is 0. The average Bonchev–Trinajstić information content (AvgIpc) is 3.27. The van der Waals surface area contributed by atoms with Gasteiger partial charge in [-0.05, 0) is 74.8 Å². The number of benzene rings is 2. The molecule has 2 heterocycles. The number of hydrogen-bond donors (Lipinski definition) is 2. The molecular formula is C38H51N5O6. The topological polar surface area (TPSA) is 122 Å². The van der Waals surface area contributed by atoms with Crippen molar-refractivity contribution >= 4 is 18.1 Å². The number of amides is 3. The molecule has 1 aliphatic heterocycles. The molecule has 2 N–H and O–H groups in total. The first-order valence-corrected chi connectivity index (χ1v) is 16.6. The van der Waals surface area contributed by atoms with Gasteiger partial charge in [0.2, 0.25) is 0 Å². The van der Waals surface area contributed by atoms with E-state index in [0.29, 0.717) is 13.0 Å². The number of ether oxygens (including phenoxy) is 3. The highest BCUT2D eigenvalue weighted by Crippen LogP contribution is 2.36. The fraction of sp³-hybridized carbons (Fsp3) is 0.474. The van der Waals surface area contributed by atoms with Crippen LogP contribution >= 0.6 is 0 Å². The van der Waals surface area contributed by atoms with Gasteiger partial charge in [0.05, 0.1) is 19.3 Å². The normalized spacial score (nSPS) is 18.1. The van der Waals surface area contributed by atoms with Gasteiger partial charge in [-0.2, -0.15) is 0 Å². The second-order valence-electron chi connectivity index (χ2n) is 14.9. The standard InChI is InChI=1S/C38H51N5O6/c1-36(2,3)32(40-34(45)47-9)33(44)41-42(24-27-14-11-10-12-15-27)25-31-30(43(38(7,8)48-31)35(46)49-37(4,5)6)22-26-17-19-28(20-18-26)29-16-13-21-39-23-29/h10-21,23,30-32H,22,24-25H2,1-9H3,(H,40,45)(H,41,44)/t30-,31-,32+/m0/s1. The minimum absolute atomic E-state index is 0.233. The third-order valence-corrected chi connectivity index (χ3v) is 8.23. The molecular weight excluding hydrogens is 622 g/mol. The van der Waals surface area contributed by atoms with Crippen molar-refractivity contribution in [3.05, 3.63) is 90.3 Å². The smallest absolute Gasteiger partial charge is 0.412 e. The number of rotatable bonds is 10. The number of methoxy groups -OCH3 is 1. The first-order valence-electron chi connectivity index (χ1n) is 16.6. The Labute approximate surface area is 290 Å². The predicted molar refractivity (Wildman–Crippen MR) is 188 cm³/mol. The number of pyridine rings is 1. The third-order valence-electron chi connectivity index (χ3n) is 8.23. The molecule has 11 heteroatoms. The summed E-state index contributed by atoms with van der Waals surface area (Å²) in [7, 11) is 1.26. The summed E-state index contributed by atoms with van der Waals surface area (Å²) in [6, 6.07) is 20.5. The fourth-order valence-corrected chi connectivity index (χ4v) is 5.97. The summed E-state index contributed by atoms with van der Waals surface area (Å²) in [4.78, 5) is 45.8. The van der Waals surface area contributed by atoms with E-state index >= 15 is 0 Å². The van der Waals surface area contributed by atoms with Gasteiger partial charge in [0.1, 0.15) is 17.4 Å². The highest BCUT2D eigenvalue weighted by atomic mass is 16.6. The molecule has 264 valence electrons. The minimum atomic E-state index is -1.02. The predicted octanol–water partition coefficient (Wildman–Crippen LogP) is 6.34. The highest BCUT2D eigenvalue weighted by molar-refractivity contribution is 5.86. The van der Waals surface area contributed by atoms with Crippen LogP contribution in [0.4, 0.5) is 9.59 Å². The maximum atomic E-state index is 13.8. The van der Waals surface area contributed by atoms with Crippen LogP contribution in [0.25, 0.3) is 11.1 Å². The van der Waals surface area contributed by atoms with Crippen LogP contribution in [-0.4, -0.2) is 76.2 Å². The van der Waals surface area contributed by atoms with Gasteiger partial charge in [-0.25, -0.2) is 14.6 Å². The Kier molecular flexibility index (Phi) is 11.7. The van der Waals surface area contributed by atoms with Gasteiger partial charge < -0.3 is 19.5 Å². The number of hydrogen-bond acceptors (Lipinski definition) is 8. The van der Waals surface area contributed by atoms with Crippen LogP contribution in [0.5, 0.6) is 0 Å². The summed E-state index contributed by atoms with van der Waals surface area (Å²) in [5.74, 6) is -0.405. The molecule has 2 aromatic carbocycles. The van der Waals surface area contributed by atoms with Crippen molar-refractivity contribution < 1.29 is 28.6 Å². The van der Waals surface area contributed by atoms with Crippen LogP contribution in [0.3, 0.4) is 0 Å². The van der Waals surface area contributed by atoms with E-state index in [0.717, 1.165) is 22.3 Å². The van der Waals surface area contributed by atoms with Crippen molar-refractivity contribution in [2.24, 2.45) is 5.41 Å². The number of alkyl carbamates (subject to hydrolysis) is 1. The number of nitrogens with zero attached hydrogens (tertiary/aromatic N) is 3. The molecule has 1 aromatic heterocycles. The van der Waals surface area contributed by atoms with Gasteiger partial charge in [-0.15, -0.1) is 0 Å². The maximum Gasteiger partial charge on any atom is 0.412 e. The quantitative estimate of drug-likeness (QED) is 0.239. The molecule has 0 bridgehead atoms. The molecule has 0 saturated carbocycles. The molecule has 11 nitrogen and oxygen atoms in total. The molecule has 4 rings (SSSR count). The van der Waals surface area contributed by atoms with Crippen molar-refractivity contribution in [2.75, 3.05) is 13.7 Å². The van der Waals surface area contributed by atoms with Crippen LogP contribution in [-0.2, 0) is 32.0 Å². The van der Waals surface area contributed by atoms with Gasteiger partial charge >= 0.3 is 12.2 Å². The second kappa shape index (κ2) is 15.4. The lowest BCUT2D eigenvalue weighted by Gasteiger charge is -2.35. The van der Waals surface area contributed by atoms with Gasteiger partial charge in [0, 0.05) is 25.5 Å². The molecule has 3 amide bonds. The lowest BCUT2D eigenvalue weighted by atomic mass is 9.86. The van der Waals surface area contributed by atoms with E-state index in [-0.39, 0.29) is 6.54 Å². The van der Waals surface area contributed by atoms with E-state index in [1.165, 1.54) is 7.11 Å². The van der Waals surface area contributed by atoms with Gasteiger partial charge in [-0.3, -0.25) is 20.1 Å². The van der Waals surface area contributed by atoms with Crippen molar-refractivity contribution in [2.45, 2.75) is 97.9 Å². The SMILES string of the molecule is COC(=O)N[C@H](C(=O)NN(Cc1ccccc1)C[C@@H]1OC(C)(C)N(C(=O)OC(C)(C)C)[C@H]1Cc1ccc(-c2cccnc2)cc1)C(C)(C)C. The van der Waals surface area contributed by atoms with Gasteiger partial charge in [-0.1, -0.05) is 81.4 Å². The zero-order chi connectivity index (χ0) is 36.0. The molecule has 49 heavy (non-hydrogen) atoms. The third kappa shape index (κ3) is 10.3. The van der Waals surface area contributed by atoms with Crippen molar-refractivity contribution in [1.82, 2.24) is 25.6 Å². The Balaban J connectivity index is 1.68. The lowest BCUT2D eigenvalue weighted by molar-refractivity contribution is -0.132. The van der Waals surface area contributed by atoms with Crippen molar-refractivity contribution in [3.63, 3.8) is 0 Å². The lowest BCUT2D eigenvalue weighted by Crippen LogP contribution is -2.58. The summed E-state index contributed by atoms with van der Waals surface area (Å²) < 4.78 is 17.4. The van der Waals surface area contributed by atoms with Gasteiger partial charge in [0.15, 0.2) is 0 Å². The molecule has 1 fully saturated rings. The molecule has 0 radical (unpaired) electrons. The van der Waals surface area contributed by atoms with Crippen LogP contribution in [0, 0.1) is 5.41 Å². The van der Waals surface area contributed by atoms with Crippen LogP contribution in [0.2, 0.25) is 0 Å². The average molecular weight is 674 g/mol. The number of carbonyl (C=O) groups is 3. The van der Waals surface area contributed by atoms with E-state index in [1.807, 2.05) is 128 Å². The zero-order valence-electron chi connectivity index (χ0n) is 30.2. The van der Waals surface area contributed by atoms with Crippen LogP contribution in [0.1, 0.15) is 66.5 Å². The Morgan fingerprint density at radius 2 is 1.61 bits per heavy atom. The molecule has 0 aliphatic carbocycles. The van der Waals surface area contributed by atoms with E-state index < -0.39 is 53.0 Å². The maximum absolute atomic E-state index is 13.8. The Morgan fingerprint density at radius 3 is 2.18 bits per heavy atom. The molecule has 1 saturated heterocycles. The summed E-state index contributed by atoms with van der Waals surface area (Å²) in [6.45, 7) is 15.4. The Hall–Kier alpha value is -4.48. The fourth-order valence-electron chi connectivity index (χ4n) is 5.97. The monoisotopic (exact) mass is 673 g/mol. The minimum Gasteiger partial charge on any atom is -0.453 e. The number of nitrogens with one attached hydrogen (secondary N) is 2. The highest BCUT2D eigenvalue weighted by Gasteiger charge is 2.51. The summed E-state index contributed by atoms with van der Waals surface area (Å²) in [5, 5.41) is 4.46. The number of carbonyl (C=O) groups excluding carboxylic acids is 3. The molecule has 3 atom stereocenters. The number of aromatic nitrogens is 1. The molecule has 0 spiro atoms. The Bertz CT molecular complexity index is 1550. The molecule has 3 aromatic rings. The first kappa shape index (κ1) is 37.3. The van der Waals surface area contributed by atoms with Crippen LogP contribution in [0.15, 0.2) is 79.1 Å². The van der Waals surface area contributed by atoms with E-state index in [2.05, 4.69) is 15.7 Å². The Morgan fingerprint density at radius 1 is 0.939 bits per heavy atom. The van der Waals surface area contributed by atoms with Crippen molar-refractivity contribution in [1.29, 1.82) is 0 Å². The zero-order valence-corrected chi connectivity index (χ0v) is 30.2. The van der Waals surface area contributed by atoms with E-state index in [9.17, 15) is 14.4 Å². The molecule has 1 aliphatic rings.